The molecule has 1 atom stereocenters. The molecule has 0 spiro atoms. The van der Waals surface area contributed by atoms with Gasteiger partial charge in [0.15, 0.2) is 0 Å². The molecule has 0 aliphatic carbocycles. The summed E-state index contributed by atoms with van der Waals surface area (Å²) in [5, 5.41) is 1.28. The lowest BCUT2D eigenvalue weighted by molar-refractivity contribution is 0.168. The highest BCUT2D eigenvalue weighted by molar-refractivity contribution is 5.83. The molecule has 3 rings (SSSR count). The van der Waals surface area contributed by atoms with Crippen LogP contribution >= 0.6 is 0 Å². The summed E-state index contributed by atoms with van der Waals surface area (Å²) >= 11 is 0. The van der Waals surface area contributed by atoms with E-state index >= 15 is 0 Å². The van der Waals surface area contributed by atoms with Gasteiger partial charge in [0.25, 0.3) is 0 Å². The number of nitrogens with zero attached hydrogens (tertiary/aromatic N) is 2. The molecule has 3 nitrogen and oxygen atoms in total. The van der Waals surface area contributed by atoms with Crippen molar-refractivity contribution in [2.75, 3.05) is 7.05 Å². The van der Waals surface area contributed by atoms with Gasteiger partial charge >= 0.3 is 0 Å². The minimum absolute atomic E-state index is 0.0256. The zero-order chi connectivity index (χ0) is 9.71. The molecule has 1 aliphatic rings. The molecule has 0 bridgehead atoms. The van der Waals surface area contributed by atoms with Crippen molar-refractivity contribution in [2.45, 2.75) is 12.8 Å². The van der Waals surface area contributed by atoms with Gasteiger partial charge in [0.05, 0.1) is 5.52 Å². The Hall–Kier alpha value is -1.32. The first-order valence-corrected chi connectivity index (χ1v) is 4.81. The number of rotatable bonds is 0. The first kappa shape index (κ1) is 8.03. The van der Waals surface area contributed by atoms with Crippen LogP contribution in [-0.4, -0.2) is 16.5 Å². The summed E-state index contributed by atoms with van der Waals surface area (Å²) < 4.78 is 2.13. The fraction of sp³-hybridized carbons (Fsp3) is 0.273. The van der Waals surface area contributed by atoms with E-state index in [1.807, 2.05) is 7.05 Å². The molecule has 1 aliphatic heterocycles. The van der Waals surface area contributed by atoms with Gasteiger partial charge in [-0.15, -0.1) is 0 Å². The Bertz CT molecular complexity index is 486. The minimum Gasteiger partial charge on any atom is -0.318 e. The lowest BCUT2D eigenvalue weighted by Crippen LogP contribution is -2.38. The Balaban J connectivity index is 2.38. The number of aromatic nitrogens is 1. The van der Waals surface area contributed by atoms with E-state index in [0.717, 1.165) is 6.54 Å². The number of benzene rings is 1. The van der Waals surface area contributed by atoms with Gasteiger partial charge in [0.2, 0.25) is 0 Å². The lowest BCUT2D eigenvalue weighted by atomic mass is 10.1. The van der Waals surface area contributed by atoms with Crippen LogP contribution in [-0.2, 0) is 6.54 Å². The van der Waals surface area contributed by atoms with Gasteiger partial charge in [-0.2, -0.15) is 0 Å². The molecule has 1 unspecified atom stereocenters. The number of hydrogen-bond acceptors (Lipinski definition) is 2. The van der Waals surface area contributed by atoms with E-state index in [2.05, 4.69) is 39.9 Å². The maximum absolute atomic E-state index is 6.08. The highest BCUT2D eigenvalue weighted by Crippen LogP contribution is 2.28. The third-order valence-corrected chi connectivity index (χ3v) is 2.98. The van der Waals surface area contributed by atoms with Crippen LogP contribution in [0.15, 0.2) is 30.5 Å². The standard InChI is InChI=1S/C11H13N3/c1-13-7-9-4-2-3-8-5-6-14(10(8)9)11(13)12/h2-6,11H,7,12H2,1H3. The molecule has 0 radical (unpaired) electrons. The zero-order valence-electron chi connectivity index (χ0n) is 8.14. The molecule has 2 heterocycles. The Morgan fingerprint density at radius 1 is 1.36 bits per heavy atom. The molecule has 0 amide bonds. The fourth-order valence-electron chi connectivity index (χ4n) is 2.22. The highest BCUT2D eigenvalue weighted by Gasteiger charge is 2.21. The van der Waals surface area contributed by atoms with Crippen molar-refractivity contribution < 1.29 is 0 Å². The van der Waals surface area contributed by atoms with Crippen LogP contribution in [0.5, 0.6) is 0 Å². The average molecular weight is 187 g/mol. The van der Waals surface area contributed by atoms with E-state index in [1.54, 1.807) is 0 Å². The molecular weight excluding hydrogens is 174 g/mol. The largest absolute Gasteiger partial charge is 0.318 e. The second-order valence-electron chi connectivity index (χ2n) is 3.91. The molecule has 1 aromatic heterocycles. The van der Waals surface area contributed by atoms with Crippen LogP contribution in [0.4, 0.5) is 0 Å². The molecule has 2 aromatic rings. The van der Waals surface area contributed by atoms with Crippen molar-refractivity contribution in [3.63, 3.8) is 0 Å². The van der Waals surface area contributed by atoms with Crippen LogP contribution in [0, 0.1) is 0 Å². The SMILES string of the molecule is CN1Cc2cccc3ccn(c23)C1N. The molecule has 72 valence electrons. The Labute approximate surface area is 82.7 Å². The third-order valence-electron chi connectivity index (χ3n) is 2.98. The van der Waals surface area contributed by atoms with Crippen LogP contribution in [0.2, 0.25) is 0 Å². The summed E-state index contributed by atoms with van der Waals surface area (Å²) in [6.45, 7) is 0.933. The number of hydrogen-bond donors (Lipinski definition) is 1. The maximum atomic E-state index is 6.08. The summed E-state index contributed by atoms with van der Waals surface area (Å²) in [5.74, 6) is 0. The van der Waals surface area contributed by atoms with Gasteiger partial charge in [0, 0.05) is 12.7 Å². The van der Waals surface area contributed by atoms with Crippen molar-refractivity contribution in [3.8, 4) is 0 Å². The third kappa shape index (κ3) is 0.882. The van der Waals surface area contributed by atoms with Crippen LogP contribution in [0.25, 0.3) is 10.9 Å². The molecular formula is C11H13N3. The summed E-state index contributed by atoms with van der Waals surface area (Å²) in [6, 6.07) is 8.53. The second kappa shape index (κ2) is 2.59. The Morgan fingerprint density at radius 3 is 3.07 bits per heavy atom. The van der Waals surface area contributed by atoms with E-state index in [-0.39, 0.29) is 6.29 Å². The van der Waals surface area contributed by atoms with Gasteiger partial charge in [-0.05, 0) is 24.1 Å². The summed E-state index contributed by atoms with van der Waals surface area (Å²) in [5.41, 5.74) is 8.73. The van der Waals surface area contributed by atoms with Crippen molar-refractivity contribution in [1.82, 2.24) is 9.47 Å². The van der Waals surface area contributed by atoms with Gasteiger partial charge in [0.1, 0.15) is 6.29 Å². The highest BCUT2D eigenvalue weighted by atomic mass is 15.4. The average Bonchev–Trinajstić information content (AvgIpc) is 2.60. The van der Waals surface area contributed by atoms with E-state index in [4.69, 9.17) is 5.73 Å². The first-order valence-electron chi connectivity index (χ1n) is 4.81. The monoisotopic (exact) mass is 187 g/mol. The normalized spacial score (nSPS) is 21.7. The number of para-hydroxylation sites is 1. The van der Waals surface area contributed by atoms with Crippen molar-refractivity contribution in [2.24, 2.45) is 5.73 Å². The summed E-state index contributed by atoms with van der Waals surface area (Å²) in [6.07, 6.45) is 2.04. The van der Waals surface area contributed by atoms with E-state index in [0.29, 0.717) is 0 Å². The molecule has 3 heteroatoms. The second-order valence-corrected chi connectivity index (χ2v) is 3.91. The van der Waals surface area contributed by atoms with Crippen molar-refractivity contribution >= 4 is 10.9 Å². The van der Waals surface area contributed by atoms with Crippen molar-refractivity contribution in [1.29, 1.82) is 0 Å². The Kier molecular flexibility index (Phi) is 1.48. The summed E-state index contributed by atoms with van der Waals surface area (Å²) in [7, 11) is 2.05. The van der Waals surface area contributed by atoms with E-state index in [9.17, 15) is 0 Å². The van der Waals surface area contributed by atoms with Crippen LogP contribution in [0.3, 0.4) is 0 Å². The van der Waals surface area contributed by atoms with E-state index in [1.165, 1.54) is 16.5 Å². The van der Waals surface area contributed by atoms with Crippen molar-refractivity contribution in [3.05, 3.63) is 36.0 Å². The Morgan fingerprint density at radius 2 is 2.21 bits per heavy atom. The van der Waals surface area contributed by atoms with E-state index < -0.39 is 0 Å². The predicted molar refractivity (Wildman–Crippen MR) is 56.6 cm³/mol. The maximum Gasteiger partial charge on any atom is 0.138 e. The number of nitrogens with two attached hydrogens (primary N) is 1. The molecule has 0 saturated carbocycles. The van der Waals surface area contributed by atoms with Gasteiger partial charge in [-0.25, -0.2) is 0 Å². The predicted octanol–water partition coefficient (Wildman–Crippen LogP) is 1.50. The molecule has 0 fully saturated rings. The van der Waals surface area contributed by atoms with Gasteiger partial charge < -0.3 is 4.57 Å². The van der Waals surface area contributed by atoms with Gasteiger partial charge in [-0.3, -0.25) is 10.6 Å². The zero-order valence-corrected chi connectivity index (χ0v) is 8.14. The minimum atomic E-state index is -0.0256. The molecule has 14 heavy (non-hydrogen) atoms. The topological polar surface area (TPSA) is 34.2 Å². The smallest absolute Gasteiger partial charge is 0.138 e. The molecule has 0 saturated heterocycles. The molecule has 2 N–H and O–H groups in total. The lowest BCUT2D eigenvalue weighted by Gasteiger charge is -2.31. The van der Waals surface area contributed by atoms with Gasteiger partial charge in [-0.1, -0.05) is 18.2 Å². The summed E-state index contributed by atoms with van der Waals surface area (Å²) in [4.78, 5) is 2.14. The van der Waals surface area contributed by atoms with Crippen LogP contribution in [0.1, 0.15) is 11.9 Å². The quantitative estimate of drug-likeness (QED) is 0.678. The van der Waals surface area contributed by atoms with Crippen LogP contribution < -0.4 is 5.73 Å². The fourth-order valence-corrected chi connectivity index (χ4v) is 2.22. The first-order chi connectivity index (χ1) is 6.77. The molecule has 1 aromatic carbocycles.